The number of thiophene rings is 1. The quantitative estimate of drug-likeness (QED) is 0.157. The van der Waals surface area contributed by atoms with Crippen LogP contribution in [-0.4, -0.2) is 4.57 Å². The van der Waals surface area contributed by atoms with Gasteiger partial charge in [0.15, 0.2) is 0 Å². The topological polar surface area (TPSA) is 8.17 Å². The van der Waals surface area contributed by atoms with Crippen LogP contribution in [0.15, 0.2) is 206 Å². The number of para-hydroxylation sites is 3. The first-order chi connectivity index (χ1) is 29.1. The number of rotatable bonds is 7. The van der Waals surface area contributed by atoms with Gasteiger partial charge in [-0.1, -0.05) is 152 Å². The van der Waals surface area contributed by atoms with Gasteiger partial charge in [0.2, 0.25) is 0 Å². The average Bonchev–Trinajstić information content (AvgIpc) is 3.84. The minimum absolute atomic E-state index is 1.12. The fourth-order valence-electron chi connectivity index (χ4n) is 9.28. The van der Waals surface area contributed by atoms with Crippen LogP contribution in [0, 0.1) is 13.8 Å². The highest BCUT2D eigenvalue weighted by molar-refractivity contribution is 7.26. The van der Waals surface area contributed by atoms with E-state index in [1.54, 1.807) is 0 Å². The molecule has 0 bridgehead atoms. The van der Waals surface area contributed by atoms with Gasteiger partial charge in [-0.05, 0) is 102 Å². The molecule has 0 amide bonds. The molecular formula is C56H40N2S. The molecule has 280 valence electrons. The summed E-state index contributed by atoms with van der Waals surface area (Å²) in [6, 6.07) is 75.4. The zero-order valence-electron chi connectivity index (χ0n) is 32.9. The van der Waals surface area contributed by atoms with Crippen molar-refractivity contribution in [2.75, 3.05) is 4.90 Å². The standard InChI is InChI=1S/C56H40N2S/c1-37-35-43(36-38(2)54(37)41-19-7-4-8-20-41)57(42-31-29-40(30-32-42)39-17-5-3-6-18-39)52-34-33-47(56-55(52)48-24-12-16-28-53(48)59-56)46-23-11-15-27-51(46)58-49-25-13-9-21-44(49)45-22-10-14-26-50(45)58/h3-36H,1-2H3. The van der Waals surface area contributed by atoms with E-state index in [9.17, 15) is 0 Å². The molecule has 0 atom stereocenters. The monoisotopic (exact) mass is 772 g/mol. The van der Waals surface area contributed by atoms with Crippen LogP contribution in [0.3, 0.4) is 0 Å². The molecule has 11 rings (SSSR count). The van der Waals surface area contributed by atoms with E-state index in [0.717, 1.165) is 17.1 Å². The Labute approximate surface area is 348 Å². The molecule has 2 heterocycles. The normalized spacial score (nSPS) is 11.6. The van der Waals surface area contributed by atoms with E-state index in [0.29, 0.717) is 0 Å². The van der Waals surface area contributed by atoms with Crippen LogP contribution in [0.2, 0.25) is 0 Å². The van der Waals surface area contributed by atoms with Gasteiger partial charge in [0.05, 0.1) is 22.4 Å². The summed E-state index contributed by atoms with van der Waals surface area (Å²) in [6.45, 7) is 4.50. The van der Waals surface area contributed by atoms with Crippen molar-refractivity contribution >= 4 is 70.4 Å². The molecular weight excluding hydrogens is 733 g/mol. The number of anilines is 3. The van der Waals surface area contributed by atoms with Gasteiger partial charge in [-0.3, -0.25) is 0 Å². The molecule has 0 saturated heterocycles. The lowest BCUT2D eigenvalue weighted by Gasteiger charge is -2.29. The van der Waals surface area contributed by atoms with Gasteiger partial charge in [0.25, 0.3) is 0 Å². The number of benzene rings is 9. The molecule has 9 aromatic carbocycles. The summed E-state index contributed by atoms with van der Waals surface area (Å²) in [6.07, 6.45) is 0. The van der Waals surface area contributed by atoms with E-state index in [2.05, 4.69) is 230 Å². The Morgan fingerprint density at radius 2 is 0.966 bits per heavy atom. The lowest BCUT2D eigenvalue weighted by molar-refractivity contribution is 1.18. The predicted octanol–water partition coefficient (Wildman–Crippen LogP) is 16.2. The van der Waals surface area contributed by atoms with Gasteiger partial charge in [-0.15, -0.1) is 11.3 Å². The number of nitrogens with zero attached hydrogens (tertiary/aromatic N) is 2. The van der Waals surface area contributed by atoms with Gasteiger partial charge in [0.1, 0.15) is 0 Å². The highest BCUT2D eigenvalue weighted by atomic mass is 32.1. The van der Waals surface area contributed by atoms with E-state index in [1.807, 2.05) is 11.3 Å². The van der Waals surface area contributed by atoms with E-state index in [-0.39, 0.29) is 0 Å². The van der Waals surface area contributed by atoms with Crippen molar-refractivity contribution in [2.45, 2.75) is 13.8 Å². The lowest BCUT2D eigenvalue weighted by atomic mass is 9.94. The van der Waals surface area contributed by atoms with Gasteiger partial charge in [-0.2, -0.15) is 0 Å². The zero-order valence-corrected chi connectivity index (χ0v) is 33.7. The Morgan fingerprint density at radius 1 is 0.424 bits per heavy atom. The summed E-state index contributed by atoms with van der Waals surface area (Å²) in [4.78, 5) is 2.48. The maximum absolute atomic E-state index is 2.48. The van der Waals surface area contributed by atoms with Crippen molar-refractivity contribution in [3.63, 3.8) is 0 Å². The molecule has 0 fully saturated rings. The van der Waals surface area contributed by atoms with Crippen molar-refractivity contribution in [3.05, 3.63) is 217 Å². The summed E-state index contributed by atoms with van der Waals surface area (Å²) < 4.78 is 5.00. The van der Waals surface area contributed by atoms with Crippen LogP contribution >= 0.6 is 11.3 Å². The third kappa shape index (κ3) is 5.85. The number of hydrogen-bond donors (Lipinski definition) is 0. The van der Waals surface area contributed by atoms with Crippen molar-refractivity contribution in [2.24, 2.45) is 0 Å². The first-order valence-corrected chi connectivity index (χ1v) is 21.1. The van der Waals surface area contributed by atoms with Crippen molar-refractivity contribution in [1.82, 2.24) is 4.57 Å². The molecule has 0 saturated carbocycles. The van der Waals surface area contributed by atoms with Gasteiger partial charge < -0.3 is 9.47 Å². The molecule has 2 aromatic heterocycles. The van der Waals surface area contributed by atoms with Crippen LogP contribution in [0.1, 0.15) is 11.1 Å². The van der Waals surface area contributed by atoms with Crippen LogP contribution in [0.4, 0.5) is 17.1 Å². The molecule has 11 aromatic rings. The lowest BCUT2D eigenvalue weighted by Crippen LogP contribution is -2.11. The van der Waals surface area contributed by atoms with E-state index in [4.69, 9.17) is 0 Å². The third-order valence-electron chi connectivity index (χ3n) is 11.8. The van der Waals surface area contributed by atoms with Crippen LogP contribution < -0.4 is 4.90 Å². The highest BCUT2D eigenvalue weighted by Crippen LogP contribution is 2.50. The summed E-state index contributed by atoms with van der Waals surface area (Å²) in [5, 5.41) is 5.05. The number of hydrogen-bond acceptors (Lipinski definition) is 2. The Kier molecular flexibility index (Phi) is 8.49. The first-order valence-electron chi connectivity index (χ1n) is 20.3. The summed E-state index contributed by atoms with van der Waals surface area (Å²) in [7, 11) is 0. The van der Waals surface area contributed by atoms with Crippen molar-refractivity contribution in [1.29, 1.82) is 0 Å². The number of fused-ring (bicyclic) bond motifs is 6. The molecule has 2 nitrogen and oxygen atoms in total. The Hall–Kier alpha value is -7.20. The zero-order chi connectivity index (χ0) is 39.5. The molecule has 0 spiro atoms. The highest BCUT2D eigenvalue weighted by Gasteiger charge is 2.24. The third-order valence-corrected chi connectivity index (χ3v) is 13.0. The predicted molar refractivity (Wildman–Crippen MR) is 254 cm³/mol. The molecule has 0 aliphatic carbocycles. The maximum atomic E-state index is 2.48. The molecule has 0 aliphatic heterocycles. The van der Waals surface area contributed by atoms with E-state index >= 15 is 0 Å². The second-order valence-corrected chi connectivity index (χ2v) is 16.4. The summed E-state index contributed by atoms with van der Waals surface area (Å²) >= 11 is 1.89. The fourth-order valence-corrected chi connectivity index (χ4v) is 10.5. The van der Waals surface area contributed by atoms with Crippen LogP contribution in [0.5, 0.6) is 0 Å². The SMILES string of the molecule is Cc1cc(N(c2ccc(-c3ccccc3)cc2)c2ccc(-c3ccccc3-n3c4ccccc4c4ccccc43)c3sc4ccccc4c23)cc(C)c1-c1ccccc1. The average molecular weight is 773 g/mol. The Balaban J connectivity index is 1.16. The maximum Gasteiger partial charge on any atom is 0.0555 e. The fraction of sp³-hybridized carbons (Fsp3) is 0.0357. The molecule has 3 heteroatoms. The molecule has 0 radical (unpaired) electrons. The first kappa shape index (κ1) is 35.0. The molecule has 0 aliphatic rings. The number of aromatic nitrogens is 1. The van der Waals surface area contributed by atoms with Gasteiger partial charge >= 0.3 is 0 Å². The second kappa shape index (κ2) is 14.3. The van der Waals surface area contributed by atoms with E-state index in [1.165, 1.54) is 92.2 Å². The summed E-state index contributed by atoms with van der Waals surface area (Å²) in [5.41, 5.74) is 16.9. The van der Waals surface area contributed by atoms with Crippen molar-refractivity contribution < 1.29 is 0 Å². The minimum Gasteiger partial charge on any atom is -0.310 e. The number of aryl methyl sites for hydroxylation is 2. The second-order valence-electron chi connectivity index (χ2n) is 15.4. The largest absolute Gasteiger partial charge is 0.310 e. The van der Waals surface area contributed by atoms with Crippen LogP contribution in [-0.2, 0) is 0 Å². The Morgan fingerprint density at radius 3 is 1.64 bits per heavy atom. The van der Waals surface area contributed by atoms with Crippen LogP contribution in [0.25, 0.3) is 81.0 Å². The summed E-state index contributed by atoms with van der Waals surface area (Å²) in [5.74, 6) is 0. The molecule has 0 unspecified atom stereocenters. The van der Waals surface area contributed by atoms with Crippen molar-refractivity contribution in [3.8, 4) is 39.1 Å². The minimum atomic E-state index is 1.12. The molecule has 59 heavy (non-hydrogen) atoms. The van der Waals surface area contributed by atoms with Gasteiger partial charge in [0, 0.05) is 53.4 Å². The van der Waals surface area contributed by atoms with E-state index < -0.39 is 0 Å². The molecule has 0 N–H and O–H groups in total. The smallest absolute Gasteiger partial charge is 0.0555 e. The Bertz CT molecular complexity index is 3260. The van der Waals surface area contributed by atoms with Gasteiger partial charge in [-0.25, -0.2) is 0 Å².